The number of para-hydroxylation sites is 1. The van der Waals surface area contributed by atoms with E-state index in [1.54, 1.807) is 24.1 Å². The summed E-state index contributed by atoms with van der Waals surface area (Å²) in [7, 11) is 4.42. The first-order chi connectivity index (χ1) is 11.4. The molecule has 0 aliphatic heterocycles. The van der Waals surface area contributed by atoms with Gasteiger partial charge in [-0.15, -0.1) is 0 Å². The highest BCUT2D eigenvalue weighted by Crippen LogP contribution is 2.16. The van der Waals surface area contributed by atoms with Gasteiger partial charge in [0.05, 0.1) is 6.54 Å². The number of halogens is 1. The molecule has 126 valence electrons. The Kier molecular flexibility index (Phi) is 5.04. The van der Waals surface area contributed by atoms with E-state index >= 15 is 0 Å². The van der Waals surface area contributed by atoms with Crippen LogP contribution in [0.25, 0.3) is 0 Å². The molecule has 0 N–H and O–H groups in total. The number of hydrogen-bond acceptors (Lipinski definition) is 5. The van der Waals surface area contributed by atoms with E-state index in [-0.39, 0.29) is 30.3 Å². The van der Waals surface area contributed by atoms with E-state index < -0.39 is 17.1 Å². The van der Waals surface area contributed by atoms with Gasteiger partial charge in [-0.25, -0.2) is 9.18 Å². The van der Waals surface area contributed by atoms with Crippen molar-refractivity contribution in [2.45, 2.75) is 0 Å². The topological polar surface area (TPSA) is 80.3 Å². The Morgan fingerprint density at radius 1 is 1.25 bits per heavy atom. The van der Waals surface area contributed by atoms with Gasteiger partial charge in [0.15, 0.2) is 17.1 Å². The summed E-state index contributed by atoms with van der Waals surface area (Å²) in [5, 5.41) is 9.24. The van der Waals surface area contributed by atoms with Gasteiger partial charge in [0.2, 0.25) is 0 Å². The number of anilines is 1. The molecule has 0 aliphatic carbocycles. The van der Waals surface area contributed by atoms with E-state index in [9.17, 15) is 19.2 Å². The number of nitriles is 1. The number of benzene rings is 1. The first-order valence-corrected chi connectivity index (χ1v) is 7.17. The Morgan fingerprint density at radius 2 is 1.92 bits per heavy atom. The van der Waals surface area contributed by atoms with E-state index in [4.69, 9.17) is 4.74 Å². The minimum atomic E-state index is -0.655. The highest BCUT2D eigenvalue weighted by atomic mass is 19.1. The smallest absolute Gasteiger partial charge is 0.332 e. The number of aromatic nitrogens is 2. The van der Waals surface area contributed by atoms with Crippen LogP contribution in [0, 0.1) is 17.1 Å². The van der Waals surface area contributed by atoms with Crippen LogP contribution in [-0.2, 0) is 14.1 Å². The van der Waals surface area contributed by atoms with Crippen LogP contribution in [0.15, 0.2) is 33.9 Å². The molecule has 24 heavy (non-hydrogen) atoms. The Morgan fingerprint density at radius 3 is 2.54 bits per heavy atom. The van der Waals surface area contributed by atoms with Gasteiger partial charge in [-0.05, 0) is 12.1 Å². The van der Waals surface area contributed by atoms with Gasteiger partial charge in [-0.3, -0.25) is 13.9 Å². The fraction of sp³-hybridized carbons (Fsp3) is 0.312. The molecule has 0 spiro atoms. The molecule has 0 fully saturated rings. The number of nitrogens with zero attached hydrogens (tertiary/aromatic N) is 4. The number of likely N-dealkylation sites (N-methyl/N-ethyl adjacent to an activating group) is 1. The molecule has 0 aliphatic rings. The molecule has 8 heteroatoms. The van der Waals surface area contributed by atoms with Crippen molar-refractivity contribution >= 4 is 5.82 Å². The molecule has 0 saturated heterocycles. The van der Waals surface area contributed by atoms with Crippen molar-refractivity contribution in [2.24, 2.45) is 14.1 Å². The van der Waals surface area contributed by atoms with Crippen molar-refractivity contribution in [3.05, 3.63) is 56.5 Å². The molecule has 0 amide bonds. The minimum Gasteiger partial charge on any atom is -0.489 e. The van der Waals surface area contributed by atoms with Gasteiger partial charge in [0, 0.05) is 21.1 Å². The zero-order valence-corrected chi connectivity index (χ0v) is 13.6. The molecule has 0 radical (unpaired) electrons. The maximum Gasteiger partial charge on any atom is 0.332 e. The minimum absolute atomic E-state index is 0.115. The zero-order chi connectivity index (χ0) is 17.9. The van der Waals surface area contributed by atoms with E-state index in [0.717, 1.165) is 4.57 Å². The standard InChI is InChI=1S/C16H17FN4O3/c1-19(8-9-24-13-7-5-4-6-12(13)17)14-11(10-18)15(22)21(3)16(23)20(14)2/h4-7H,8-9H2,1-3H3. The van der Waals surface area contributed by atoms with Crippen molar-refractivity contribution in [3.63, 3.8) is 0 Å². The predicted octanol–water partition coefficient (Wildman–Crippen LogP) is 0.610. The second kappa shape index (κ2) is 7.00. The summed E-state index contributed by atoms with van der Waals surface area (Å²) in [5.74, 6) is -0.161. The largest absolute Gasteiger partial charge is 0.489 e. The Balaban J connectivity index is 2.23. The lowest BCUT2D eigenvalue weighted by Gasteiger charge is -2.23. The van der Waals surface area contributed by atoms with Crippen molar-refractivity contribution in [3.8, 4) is 11.8 Å². The van der Waals surface area contributed by atoms with E-state index in [2.05, 4.69) is 0 Å². The summed E-state index contributed by atoms with van der Waals surface area (Å²) < 4.78 is 21.0. The van der Waals surface area contributed by atoms with Crippen molar-refractivity contribution in [2.75, 3.05) is 25.1 Å². The van der Waals surface area contributed by atoms with Crippen LogP contribution in [0.2, 0.25) is 0 Å². The second-order valence-corrected chi connectivity index (χ2v) is 5.22. The van der Waals surface area contributed by atoms with Crippen molar-refractivity contribution in [1.29, 1.82) is 5.26 Å². The lowest BCUT2D eigenvalue weighted by Crippen LogP contribution is -2.42. The van der Waals surface area contributed by atoms with Crippen LogP contribution in [0.5, 0.6) is 5.75 Å². The quantitative estimate of drug-likeness (QED) is 0.801. The van der Waals surface area contributed by atoms with Gasteiger partial charge in [0.25, 0.3) is 5.56 Å². The van der Waals surface area contributed by atoms with Crippen molar-refractivity contribution in [1.82, 2.24) is 9.13 Å². The Bertz CT molecular complexity index is 911. The van der Waals surface area contributed by atoms with Crippen LogP contribution in [0.4, 0.5) is 10.2 Å². The first kappa shape index (κ1) is 17.3. The van der Waals surface area contributed by atoms with E-state index in [1.165, 1.54) is 30.8 Å². The molecule has 2 aromatic rings. The summed E-state index contributed by atoms with van der Waals surface area (Å²) in [6.45, 7) is 0.370. The normalized spacial score (nSPS) is 10.3. The summed E-state index contributed by atoms with van der Waals surface area (Å²) in [4.78, 5) is 25.6. The number of ether oxygens (including phenoxy) is 1. The molecule has 1 aromatic heterocycles. The van der Waals surface area contributed by atoms with E-state index in [0.29, 0.717) is 0 Å². The molecule has 1 aromatic carbocycles. The Hall–Kier alpha value is -3.08. The van der Waals surface area contributed by atoms with Crippen LogP contribution < -0.4 is 20.9 Å². The fourth-order valence-electron chi connectivity index (χ4n) is 2.34. The number of rotatable bonds is 5. The summed E-state index contributed by atoms with van der Waals surface area (Å²) >= 11 is 0. The highest BCUT2D eigenvalue weighted by Gasteiger charge is 2.18. The van der Waals surface area contributed by atoms with Crippen LogP contribution in [0.3, 0.4) is 0 Å². The Labute approximate surface area is 137 Å². The second-order valence-electron chi connectivity index (χ2n) is 5.22. The van der Waals surface area contributed by atoms with Crippen LogP contribution in [0.1, 0.15) is 5.56 Å². The molecule has 0 atom stereocenters. The molecular formula is C16H17FN4O3. The molecular weight excluding hydrogens is 315 g/mol. The molecule has 0 bridgehead atoms. The maximum atomic E-state index is 13.5. The molecule has 1 heterocycles. The zero-order valence-electron chi connectivity index (χ0n) is 13.6. The first-order valence-electron chi connectivity index (χ1n) is 7.17. The average molecular weight is 332 g/mol. The predicted molar refractivity (Wildman–Crippen MR) is 86.8 cm³/mol. The lowest BCUT2D eigenvalue weighted by atomic mass is 10.3. The third-order valence-electron chi connectivity index (χ3n) is 3.63. The van der Waals surface area contributed by atoms with Crippen LogP contribution in [-0.4, -0.2) is 29.3 Å². The van der Waals surface area contributed by atoms with E-state index in [1.807, 2.05) is 6.07 Å². The maximum absolute atomic E-state index is 13.5. The number of hydrogen-bond donors (Lipinski definition) is 0. The summed E-state index contributed by atoms with van der Waals surface area (Å²) in [5.41, 5.74) is -1.32. The molecule has 0 unspecified atom stereocenters. The monoisotopic (exact) mass is 332 g/mol. The molecule has 0 saturated carbocycles. The van der Waals surface area contributed by atoms with Gasteiger partial charge < -0.3 is 9.64 Å². The third-order valence-corrected chi connectivity index (χ3v) is 3.63. The van der Waals surface area contributed by atoms with Gasteiger partial charge in [-0.2, -0.15) is 5.26 Å². The fourth-order valence-corrected chi connectivity index (χ4v) is 2.34. The van der Waals surface area contributed by atoms with Crippen LogP contribution >= 0.6 is 0 Å². The third kappa shape index (κ3) is 3.15. The lowest BCUT2D eigenvalue weighted by molar-refractivity contribution is 0.308. The molecule has 7 nitrogen and oxygen atoms in total. The highest BCUT2D eigenvalue weighted by molar-refractivity contribution is 5.52. The molecule has 2 rings (SSSR count). The van der Waals surface area contributed by atoms with Crippen molar-refractivity contribution < 1.29 is 9.13 Å². The summed E-state index contributed by atoms with van der Waals surface area (Å²) in [6, 6.07) is 7.84. The van der Waals surface area contributed by atoms with Gasteiger partial charge in [0.1, 0.15) is 18.5 Å². The van der Waals surface area contributed by atoms with Gasteiger partial charge >= 0.3 is 5.69 Å². The van der Waals surface area contributed by atoms with Gasteiger partial charge in [-0.1, -0.05) is 12.1 Å². The SMILES string of the molecule is CN(CCOc1ccccc1F)c1c(C#N)c(=O)n(C)c(=O)n1C. The summed E-state index contributed by atoms with van der Waals surface area (Å²) in [6.07, 6.45) is 0. The average Bonchev–Trinajstić information content (AvgIpc) is 2.57.